The molecule has 0 spiro atoms. The van der Waals surface area contributed by atoms with Gasteiger partial charge in [0.15, 0.2) is 16.9 Å². The SMILES string of the molecule is O=COCc1cc(Br)c2oc(N3CCOCC3)cc(=O)c2c1. The molecule has 7 heteroatoms. The van der Waals surface area contributed by atoms with Crippen molar-refractivity contribution in [1.29, 1.82) is 0 Å². The first-order valence-corrected chi connectivity index (χ1v) is 7.62. The van der Waals surface area contributed by atoms with Gasteiger partial charge in [0, 0.05) is 19.2 Å². The number of morpholine rings is 1. The number of hydrogen-bond donors (Lipinski definition) is 0. The van der Waals surface area contributed by atoms with Crippen LogP contribution in [0.5, 0.6) is 0 Å². The quantitative estimate of drug-likeness (QED) is 0.770. The van der Waals surface area contributed by atoms with E-state index in [1.807, 2.05) is 4.90 Å². The zero-order valence-corrected chi connectivity index (χ0v) is 13.3. The van der Waals surface area contributed by atoms with Crippen LogP contribution >= 0.6 is 15.9 Å². The Balaban J connectivity index is 2.04. The number of carbonyl (C=O) groups is 1. The minimum atomic E-state index is -0.128. The van der Waals surface area contributed by atoms with Crippen molar-refractivity contribution < 1.29 is 18.7 Å². The van der Waals surface area contributed by atoms with Gasteiger partial charge >= 0.3 is 0 Å². The van der Waals surface area contributed by atoms with Crippen molar-refractivity contribution in [3.63, 3.8) is 0 Å². The fourth-order valence-electron chi connectivity index (χ4n) is 2.41. The lowest BCUT2D eigenvalue weighted by Crippen LogP contribution is -2.36. The van der Waals surface area contributed by atoms with Crippen LogP contribution in [0.4, 0.5) is 5.88 Å². The predicted octanol–water partition coefficient (Wildman–Crippen LogP) is 2.07. The lowest BCUT2D eigenvalue weighted by atomic mass is 10.1. The van der Waals surface area contributed by atoms with E-state index in [9.17, 15) is 9.59 Å². The van der Waals surface area contributed by atoms with Gasteiger partial charge in [0.25, 0.3) is 6.47 Å². The number of nitrogens with zero attached hydrogens (tertiary/aromatic N) is 1. The van der Waals surface area contributed by atoms with Gasteiger partial charge in [-0.15, -0.1) is 0 Å². The first kappa shape index (κ1) is 15.1. The smallest absolute Gasteiger partial charge is 0.293 e. The Kier molecular flexibility index (Phi) is 4.44. The van der Waals surface area contributed by atoms with Crippen molar-refractivity contribution in [3.8, 4) is 0 Å². The summed E-state index contributed by atoms with van der Waals surface area (Å²) in [6.45, 7) is 3.11. The van der Waals surface area contributed by atoms with Crippen LogP contribution in [0.2, 0.25) is 0 Å². The zero-order valence-electron chi connectivity index (χ0n) is 11.7. The molecule has 3 rings (SSSR count). The first-order valence-electron chi connectivity index (χ1n) is 6.83. The van der Waals surface area contributed by atoms with Gasteiger partial charge < -0.3 is 18.8 Å². The van der Waals surface area contributed by atoms with Crippen LogP contribution in [0.15, 0.2) is 31.9 Å². The van der Waals surface area contributed by atoms with Crippen LogP contribution in [-0.2, 0) is 20.9 Å². The predicted molar refractivity (Wildman–Crippen MR) is 84.1 cm³/mol. The van der Waals surface area contributed by atoms with E-state index in [0.29, 0.717) is 54.1 Å². The molecule has 22 heavy (non-hydrogen) atoms. The summed E-state index contributed by atoms with van der Waals surface area (Å²) in [6.07, 6.45) is 0. The van der Waals surface area contributed by atoms with Gasteiger partial charge in [-0.1, -0.05) is 0 Å². The zero-order chi connectivity index (χ0) is 15.5. The van der Waals surface area contributed by atoms with Crippen LogP contribution in [0.1, 0.15) is 5.56 Å². The summed E-state index contributed by atoms with van der Waals surface area (Å²) in [7, 11) is 0. The van der Waals surface area contributed by atoms with Crippen molar-refractivity contribution in [2.75, 3.05) is 31.2 Å². The summed E-state index contributed by atoms with van der Waals surface area (Å²) in [5.41, 5.74) is 1.08. The Hall–Kier alpha value is -1.86. The Bertz CT molecular complexity index is 751. The monoisotopic (exact) mass is 367 g/mol. The molecule has 0 bridgehead atoms. The standard InChI is InChI=1S/C15H14BrNO5/c16-12-6-10(8-21-9-18)5-11-13(19)7-14(22-15(11)12)17-1-3-20-4-2-17/h5-7,9H,1-4,8H2. The molecule has 1 fully saturated rings. The molecule has 1 saturated heterocycles. The van der Waals surface area contributed by atoms with Crippen molar-refractivity contribution in [1.82, 2.24) is 0 Å². The van der Waals surface area contributed by atoms with E-state index in [0.717, 1.165) is 5.56 Å². The summed E-state index contributed by atoms with van der Waals surface area (Å²) in [4.78, 5) is 24.6. The molecule has 0 unspecified atom stereocenters. The summed E-state index contributed by atoms with van der Waals surface area (Å²) >= 11 is 3.41. The van der Waals surface area contributed by atoms with E-state index in [1.165, 1.54) is 6.07 Å². The molecule has 6 nitrogen and oxygen atoms in total. The van der Waals surface area contributed by atoms with E-state index in [4.69, 9.17) is 13.9 Å². The van der Waals surface area contributed by atoms with Crippen molar-refractivity contribution in [2.45, 2.75) is 6.61 Å². The molecular formula is C15H14BrNO5. The van der Waals surface area contributed by atoms with Gasteiger partial charge in [-0.05, 0) is 33.6 Å². The molecule has 0 N–H and O–H groups in total. The molecule has 2 aromatic rings. The highest BCUT2D eigenvalue weighted by molar-refractivity contribution is 9.10. The van der Waals surface area contributed by atoms with E-state index < -0.39 is 0 Å². The molecule has 2 heterocycles. The summed E-state index contributed by atoms with van der Waals surface area (Å²) in [5.74, 6) is 0.540. The Morgan fingerprint density at radius 3 is 2.77 bits per heavy atom. The number of halogens is 1. The Morgan fingerprint density at radius 2 is 2.05 bits per heavy atom. The summed E-state index contributed by atoms with van der Waals surface area (Å²) in [5, 5.41) is 0.455. The number of anilines is 1. The topological polar surface area (TPSA) is 69.0 Å². The minimum Gasteiger partial charge on any atom is -0.463 e. The average molecular weight is 368 g/mol. The maximum atomic E-state index is 12.4. The molecule has 0 amide bonds. The molecule has 1 aromatic carbocycles. The molecular weight excluding hydrogens is 354 g/mol. The van der Waals surface area contributed by atoms with Gasteiger partial charge in [-0.25, -0.2) is 0 Å². The minimum absolute atomic E-state index is 0.114. The van der Waals surface area contributed by atoms with Crippen LogP contribution in [0, 0.1) is 0 Å². The Morgan fingerprint density at radius 1 is 1.27 bits per heavy atom. The van der Waals surface area contributed by atoms with Crippen LogP contribution in [0.3, 0.4) is 0 Å². The number of ether oxygens (including phenoxy) is 2. The number of hydrogen-bond acceptors (Lipinski definition) is 6. The first-order chi connectivity index (χ1) is 10.7. The van der Waals surface area contributed by atoms with Crippen LogP contribution < -0.4 is 10.3 Å². The van der Waals surface area contributed by atoms with Crippen molar-refractivity contribution in [2.24, 2.45) is 0 Å². The maximum Gasteiger partial charge on any atom is 0.293 e. The molecule has 1 aliphatic heterocycles. The van der Waals surface area contributed by atoms with Crippen LogP contribution in [0.25, 0.3) is 11.0 Å². The Labute approximate surface area is 134 Å². The fourth-order valence-corrected chi connectivity index (χ4v) is 3.00. The van der Waals surface area contributed by atoms with E-state index in [1.54, 1.807) is 12.1 Å². The number of fused-ring (bicyclic) bond motifs is 1. The van der Waals surface area contributed by atoms with Crippen molar-refractivity contribution in [3.05, 3.63) is 38.5 Å². The molecule has 0 radical (unpaired) electrons. The fraction of sp³-hybridized carbons (Fsp3) is 0.333. The second-order valence-corrected chi connectivity index (χ2v) is 5.76. The van der Waals surface area contributed by atoms with Gasteiger partial charge in [-0.2, -0.15) is 0 Å². The number of benzene rings is 1. The molecule has 0 saturated carbocycles. The van der Waals surface area contributed by atoms with Gasteiger partial charge in [-0.3, -0.25) is 9.59 Å². The second-order valence-electron chi connectivity index (χ2n) is 4.91. The van der Waals surface area contributed by atoms with Gasteiger partial charge in [0.05, 0.1) is 23.1 Å². The van der Waals surface area contributed by atoms with Gasteiger partial charge in [0.2, 0.25) is 0 Å². The lowest BCUT2D eigenvalue weighted by Gasteiger charge is -2.27. The number of carbonyl (C=O) groups excluding carboxylic acids is 1. The van der Waals surface area contributed by atoms with Gasteiger partial charge in [0.1, 0.15) is 6.61 Å². The average Bonchev–Trinajstić information content (AvgIpc) is 2.54. The molecule has 0 aliphatic carbocycles. The molecule has 0 atom stereocenters. The molecule has 1 aliphatic rings. The van der Waals surface area contributed by atoms with Crippen molar-refractivity contribution >= 4 is 39.3 Å². The third kappa shape index (κ3) is 3.00. The maximum absolute atomic E-state index is 12.4. The molecule has 1 aromatic heterocycles. The van der Waals surface area contributed by atoms with E-state index >= 15 is 0 Å². The highest BCUT2D eigenvalue weighted by Gasteiger charge is 2.17. The second kappa shape index (κ2) is 6.50. The number of rotatable bonds is 4. The largest absolute Gasteiger partial charge is 0.463 e. The summed E-state index contributed by atoms with van der Waals surface area (Å²) in [6, 6.07) is 4.95. The normalized spacial score (nSPS) is 15.0. The highest BCUT2D eigenvalue weighted by atomic mass is 79.9. The highest BCUT2D eigenvalue weighted by Crippen LogP contribution is 2.28. The summed E-state index contributed by atoms with van der Waals surface area (Å²) < 4.78 is 16.6. The van der Waals surface area contributed by atoms with Crippen LogP contribution in [-0.4, -0.2) is 32.8 Å². The molecule has 116 valence electrons. The third-order valence-electron chi connectivity index (χ3n) is 3.47. The van der Waals surface area contributed by atoms with E-state index in [-0.39, 0.29) is 12.0 Å². The third-order valence-corrected chi connectivity index (χ3v) is 4.06. The lowest BCUT2D eigenvalue weighted by molar-refractivity contribution is -0.129. The van der Waals surface area contributed by atoms with E-state index in [2.05, 4.69) is 15.9 Å².